The molecule has 0 spiro atoms. The van der Waals surface area contributed by atoms with Crippen molar-refractivity contribution < 1.29 is 4.79 Å². The number of amides is 1. The number of hydrogen-bond acceptors (Lipinski definition) is 5. The predicted molar refractivity (Wildman–Crippen MR) is 110 cm³/mol. The van der Waals surface area contributed by atoms with Gasteiger partial charge in [-0.2, -0.15) is 0 Å². The molecule has 1 fully saturated rings. The Hall–Kier alpha value is -1.86. The fourth-order valence-electron chi connectivity index (χ4n) is 2.97. The molecule has 1 N–H and O–H groups in total. The molecule has 0 bridgehead atoms. The van der Waals surface area contributed by atoms with Gasteiger partial charge in [0.05, 0.1) is 16.2 Å². The molecule has 7 heteroatoms. The lowest BCUT2D eigenvalue weighted by molar-refractivity contribution is -0.120. The van der Waals surface area contributed by atoms with Crippen molar-refractivity contribution in [2.75, 3.05) is 19.6 Å². The normalized spacial score (nSPS) is 15.3. The first-order chi connectivity index (χ1) is 13.0. The summed E-state index contributed by atoms with van der Waals surface area (Å²) >= 11 is 1.37. The van der Waals surface area contributed by atoms with Gasteiger partial charge in [0.1, 0.15) is 0 Å². The first-order valence-corrected chi connectivity index (χ1v) is 10.6. The van der Waals surface area contributed by atoms with E-state index in [4.69, 9.17) is 4.98 Å². The number of likely N-dealkylation sites (N-methyl/N-ethyl adjacent to an activating group) is 1. The molecule has 1 aromatic heterocycles. The van der Waals surface area contributed by atoms with Gasteiger partial charge in [-0.25, -0.2) is 4.98 Å². The molecular formula is C20H28N4O2S. The number of aromatic nitrogens is 2. The second-order valence-corrected chi connectivity index (χ2v) is 8.25. The van der Waals surface area contributed by atoms with Gasteiger partial charge < -0.3 is 10.2 Å². The van der Waals surface area contributed by atoms with Crippen molar-refractivity contribution in [3.8, 4) is 0 Å². The smallest absolute Gasteiger partial charge is 0.262 e. The van der Waals surface area contributed by atoms with Crippen LogP contribution < -0.4 is 10.9 Å². The molecule has 0 unspecified atom stereocenters. The number of benzene rings is 1. The molecule has 1 aliphatic rings. The maximum atomic E-state index is 13.1. The lowest BCUT2D eigenvalue weighted by Gasteiger charge is -2.21. The van der Waals surface area contributed by atoms with Crippen LogP contribution in [0.2, 0.25) is 0 Å². The molecule has 0 aliphatic heterocycles. The second-order valence-electron chi connectivity index (χ2n) is 6.94. The topological polar surface area (TPSA) is 67.2 Å². The Labute approximate surface area is 164 Å². The minimum atomic E-state index is -0.293. The molecule has 146 valence electrons. The number of nitrogens with zero attached hydrogens (tertiary/aromatic N) is 3. The summed E-state index contributed by atoms with van der Waals surface area (Å²) in [5.41, 5.74) is 0.643. The molecule has 1 aromatic carbocycles. The largest absolute Gasteiger partial charge is 0.352 e. The van der Waals surface area contributed by atoms with E-state index in [0.717, 1.165) is 32.5 Å². The molecule has 3 rings (SSSR count). The van der Waals surface area contributed by atoms with Gasteiger partial charge in [-0.15, -0.1) is 0 Å². The van der Waals surface area contributed by atoms with Gasteiger partial charge in [0.2, 0.25) is 5.91 Å². The Kier molecular flexibility index (Phi) is 6.55. The second kappa shape index (κ2) is 8.89. The Morgan fingerprint density at radius 2 is 2.04 bits per heavy atom. The standard InChI is InChI=1S/C20H28N4O2S/c1-4-23(5-2)12-13-24-19(26)16-8-6-7-9-17(16)22-20(24)27-14(3)18(25)21-15-10-11-15/h6-9,14-15H,4-5,10-13H2,1-3H3,(H,21,25)/t14-/m1/s1. The molecule has 1 heterocycles. The van der Waals surface area contributed by atoms with Crippen LogP contribution in [0.3, 0.4) is 0 Å². The molecule has 6 nitrogen and oxygen atoms in total. The van der Waals surface area contributed by atoms with Crippen molar-refractivity contribution in [3.63, 3.8) is 0 Å². The van der Waals surface area contributed by atoms with Gasteiger partial charge in [-0.1, -0.05) is 37.7 Å². The van der Waals surface area contributed by atoms with E-state index in [1.165, 1.54) is 11.8 Å². The van der Waals surface area contributed by atoms with E-state index < -0.39 is 0 Å². The number of hydrogen-bond donors (Lipinski definition) is 1. The Balaban J connectivity index is 1.89. The van der Waals surface area contributed by atoms with E-state index in [1.54, 1.807) is 4.57 Å². The van der Waals surface area contributed by atoms with Crippen LogP contribution in [0.1, 0.15) is 33.6 Å². The third-order valence-corrected chi connectivity index (χ3v) is 6.03. The summed E-state index contributed by atoms with van der Waals surface area (Å²) in [6.07, 6.45) is 2.12. The molecule has 1 amide bonds. The third kappa shape index (κ3) is 4.90. The molecule has 0 saturated heterocycles. The highest BCUT2D eigenvalue weighted by Gasteiger charge is 2.27. The molecule has 1 saturated carbocycles. The number of rotatable bonds is 9. The van der Waals surface area contributed by atoms with Crippen molar-refractivity contribution >= 4 is 28.6 Å². The third-order valence-electron chi connectivity index (χ3n) is 4.94. The lowest BCUT2D eigenvalue weighted by atomic mass is 10.2. The number of fused-ring (bicyclic) bond motifs is 1. The van der Waals surface area contributed by atoms with E-state index in [1.807, 2.05) is 31.2 Å². The first kappa shape index (κ1) is 19.9. The van der Waals surface area contributed by atoms with Gasteiger partial charge in [0.15, 0.2) is 5.16 Å². The molecule has 0 radical (unpaired) electrons. The maximum Gasteiger partial charge on any atom is 0.262 e. The summed E-state index contributed by atoms with van der Waals surface area (Å²) in [5, 5.41) is 3.97. The zero-order chi connectivity index (χ0) is 19.4. The lowest BCUT2D eigenvalue weighted by Crippen LogP contribution is -2.34. The van der Waals surface area contributed by atoms with Crippen LogP contribution >= 0.6 is 11.8 Å². The fourth-order valence-corrected chi connectivity index (χ4v) is 3.92. The van der Waals surface area contributed by atoms with Crippen molar-refractivity contribution in [3.05, 3.63) is 34.6 Å². The fraction of sp³-hybridized carbons (Fsp3) is 0.550. The number of para-hydroxylation sites is 1. The number of carbonyl (C=O) groups excluding carboxylic acids is 1. The monoisotopic (exact) mass is 388 g/mol. The summed E-state index contributed by atoms with van der Waals surface area (Å²) < 4.78 is 1.73. The minimum Gasteiger partial charge on any atom is -0.352 e. The van der Waals surface area contributed by atoms with E-state index in [0.29, 0.717) is 28.6 Å². The van der Waals surface area contributed by atoms with Crippen LogP contribution in [-0.2, 0) is 11.3 Å². The van der Waals surface area contributed by atoms with Crippen molar-refractivity contribution in [1.82, 2.24) is 19.8 Å². The highest BCUT2D eigenvalue weighted by Crippen LogP contribution is 2.25. The Bertz CT molecular complexity index is 859. The molecule has 1 aliphatic carbocycles. The molecule has 1 atom stereocenters. The first-order valence-electron chi connectivity index (χ1n) is 9.72. The quantitative estimate of drug-likeness (QED) is 0.528. The van der Waals surface area contributed by atoms with Crippen LogP contribution in [0.4, 0.5) is 0 Å². The van der Waals surface area contributed by atoms with Crippen molar-refractivity contribution in [1.29, 1.82) is 0 Å². The molecular weight excluding hydrogens is 360 g/mol. The Morgan fingerprint density at radius 3 is 2.70 bits per heavy atom. The van der Waals surface area contributed by atoms with Crippen LogP contribution in [0.25, 0.3) is 10.9 Å². The van der Waals surface area contributed by atoms with E-state index >= 15 is 0 Å². The zero-order valence-corrected chi connectivity index (χ0v) is 17.1. The minimum absolute atomic E-state index is 0.0141. The van der Waals surface area contributed by atoms with Crippen LogP contribution in [0.15, 0.2) is 34.2 Å². The highest BCUT2D eigenvalue weighted by molar-refractivity contribution is 8.00. The predicted octanol–water partition coefficient (Wildman–Crippen LogP) is 2.50. The average molecular weight is 389 g/mol. The van der Waals surface area contributed by atoms with Gasteiger partial charge in [-0.3, -0.25) is 14.2 Å². The van der Waals surface area contributed by atoms with Gasteiger partial charge in [0.25, 0.3) is 5.56 Å². The van der Waals surface area contributed by atoms with E-state index in [2.05, 4.69) is 24.1 Å². The summed E-state index contributed by atoms with van der Waals surface area (Å²) in [6.45, 7) is 9.33. The number of carbonyl (C=O) groups is 1. The zero-order valence-electron chi connectivity index (χ0n) is 16.3. The van der Waals surface area contributed by atoms with E-state index in [-0.39, 0.29) is 16.7 Å². The van der Waals surface area contributed by atoms with Gasteiger partial charge >= 0.3 is 0 Å². The van der Waals surface area contributed by atoms with Crippen LogP contribution in [-0.4, -0.2) is 51.3 Å². The Morgan fingerprint density at radius 1 is 1.33 bits per heavy atom. The summed E-state index contributed by atoms with van der Waals surface area (Å²) in [5.74, 6) is 0.0141. The van der Waals surface area contributed by atoms with Gasteiger partial charge in [0, 0.05) is 19.1 Å². The summed E-state index contributed by atoms with van der Waals surface area (Å²) in [7, 11) is 0. The average Bonchev–Trinajstić information content (AvgIpc) is 3.48. The van der Waals surface area contributed by atoms with Crippen LogP contribution in [0.5, 0.6) is 0 Å². The summed E-state index contributed by atoms with van der Waals surface area (Å²) in [4.78, 5) is 32.4. The van der Waals surface area contributed by atoms with Crippen LogP contribution in [0, 0.1) is 0 Å². The maximum absolute atomic E-state index is 13.1. The van der Waals surface area contributed by atoms with Gasteiger partial charge in [-0.05, 0) is 45.0 Å². The molecule has 27 heavy (non-hydrogen) atoms. The highest BCUT2D eigenvalue weighted by atomic mass is 32.2. The van der Waals surface area contributed by atoms with Crippen molar-refractivity contribution in [2.24, 2.45) is 0 Å². The number of thioether (sulfide) groups is 1. The van der Waals surface area contributed by atoms with E-state index in [9.17, 15) is 9.59 Å². The SMILES string of the molecule is CCN(CC)CCn1c(S[C@H](C)C(=O)NC2CC2)nc2ccccc2c1=O. The van der Waals surface area contributed by atoms with Crippen molar-refractivity contribution in [2.45, 2.75) is 56.6 Å². The summed E-state index contributed by atoms with van der Waals surface area (Å²) in [6, 6.07) is 7.74. The molecule has 2 aromatic rings. The number of nitrogens with one attached hydrogen (secondary N) is 1.